The van der Waals surface area contributed by atoms with E-state index in [9.17, 15) is 9.59 Å². The molecule has 0 radical (unpaired) electrons. The zero-order chi connectivity index (χ0) is 18.8. The van der Waals surface area contributed by atoms with E-state index in [4.69, 9.17) is 30.6 Å². The Morgan fingerprint density at radius 1 is 1.19 bits per heavy atom. The van der Waals surface area contributed by atoms with Gasteiger partial charge in [-0.25, -0.2) is 9.59 Å². The topological polar surface area (TPSA) is 86.0 Å². The van der Waals surface area contributed by atoms with Crippen LogP contribution in [0.2, 0.25) is 5.02 Å². The van der Waals surface area contributed by atoms with E-state index in [0.29, 0.717) is 16.7 Å². The maximum Gasteiger partial charge on any atom is 0.344 e. The molecule has 3 rings (SSSR count). The van der Waals surface area contributed by atoms with Crippen molar-refractivity contribution in [1.82, 2.24) is 0 Å². The van der Waals surface area contributed by atoms with Gasteiger partial charge in [0.2, 0.25) is 0 Å². The first-order valence-corrected chi connectivity index (χ1v) is 8.08. The van der Waals surface area contributed by atoms with E-state index in [1.54, 1.807) is 25.3 Å². The number of ether oxygens (including phenoxy) is 2. The summed E-state index contributed by atoms with van der Waals surface area (Å²) in [7, 11) is 1.57. The number of carboxylic acids is 1. The van der Waals surface area contributed by atoms with Crippen LogP contribution in [0.4, 0.5) is 0 Å². The van der Waals surface area contributed by atoms with Gasteiger partial charge in [0, 0.05) is 17.5 Å². The van der Waals surface area contributed by atoms with Crippen molar-refractivity contribution in [2.45, 2.75) is 13.0 Å². The van der Waals surface area contributed by atoms with E-state index in [2.05, 4.69) is 0 Å². The Hall–Kier alpha value is -2.99. The molecule has 0 fully saturated rings. The molecule has 0 saturated carbocycles. The minimum absolute atomic E-state index is 0.129. The van der Waals surface area contributed by atoms with Gasteiger partial charge in [-0.1, -0.05) is 23.7 Å². The lowest BCUT2D eigenvalue weighted by atomic mass is 10.0. The van der Waals surface area contributed by atoms with E-state index < -0.39 is 17.7 Å². The second-order valence-corrected chi connectivity index (χ2v) is 5.99. The van der Waals surface area contributed by atoms with Crippen LogP contribution >= 0.6 is 11.6 Å². The lowest BCUT2D eigenvalue weighted by molar-refractivity contribution is -0.144. The number of hydrogen-bond donors (Lipinski definition) is 1. The number of fused-ring (bicyclic) bond motifs is 1. The first-order chi connectivity index (χ1) is 12.4. The zero-order valence-corrected chi connectivity index (χ0v) is 14.7. The van der Waals surface area contributed by atoms with Crippen molar-refractivity contribution in [3.63, 3.8) is 0 Å². The van der Waals surface area contributed by atoms with Gasteiger partial charge in [0.15, 0.2) is 6.10 Å². The van der Waals surface area contributed by atoms with Crippen LogP contribution in [-0.4, -0.2) is 24.3 Å². The molecule has 0 spiro atoms. The summed E-state index contributed by atoms with van der Waals surface area (Å²) in [4.78, 5) is 22.9. The van der Waals surface area contributed by atoms with Gasteiger partial charge in [0.1, 0.15) is 17.1 Å². The van der Waals surface area contributed by atoms with Crippen molar-refractivity contribution in [3.8, 4) is 22.6 Å². The summed E-state index contributed by atoms with van der Waals surface area (Å²) in [5.74, 6) is -0.309. The zero-order valence-electron chi connectivity index (χ0n) is 14.0. The van der Waals surface area contributed by atoms with Crippen molar-refractivity contribution in [2.24, 2.45) is 0 Å². The first-order valence-electron chi connectivity index (χ1n) is 7.70. The highest BCUT2D eigenvalue weighted by Gasteiger charge is 2.17. The van der Waals surface area contributed by atoms with Gasteiger partial charge >= 0.3 is 11.6 Å². The summed E-state index contributed by atoms with van der Waals surface area (Å²) in [6, 6.07) is 11.6. The average Bonchev–Trinajstić information content (AvgIpc) is 2.62. The molecule has 134 valence electrons. The summed E-state index contributed by atoms with van der Waals surface area (Å²) >= 11 is 6.24. The van der Waals surface area contributed by atoms with Crippen LogP contribution in [0.1, 0.15) is 6.92 Å². The number of halogens is 1. The molecule has 7 heteroatoms. The molecule has 1 aromatic heterocycles. The molecule has 0 aliphatic heterocycles. The van der Waals surface area contributed by atoms with E-state index >= 15 is 0 Å². The fourth-order valence-electron chi connectivity index (χ4n) is 2.50. The van der Waals surface area contributed by atoms with Crippen LogP contribution in [0.5, 0.6) is 11.5 Å². The number of carboxylic acid groups (broad SMARTS) is 1. The van der Waals surface area contributed by atoms with E-state index in [0.717, 1.165) is 5.56 Å². The summed E-state index contributed by atoms with van der Waals surface area (Å²) < 4.78 is 15.7. The fraction of sp³-hybridized carbons (Fsp3) is 0.158. The Labute approximate surface area is 153 Å². The predicted octanol–water partition coefficient (Wildman–Crippen LogP) is 3.97. The Kier molecular flexibility index (Phi) is 4.86. The number of hydrogen-bond acceptors (Lipinski definition) is 5. The fourth-order valence-corrected chi connectivity index (χ4v) is 2.71. The smallest absolute Gasteiger partial charge is 0.344 e. The molecule has 1 heterocycles. The van der Waals surface area contributed by atoms with Gasteiger partial charge in [0.05, 0.1) is 12.1 Å². The number of benzene rings is 2. The van der Waals surface area contributed by atoms with Crippen LogP contribution in [-0.2, 0) is 4.79 Å². The summed E-state index contributed by atoms with van der Waals surface area (Å²) in [5, 5.41) is 9.80. The highest BCUT2D eigenvalue weighted by Crippen LogP contribution is 2.35. The molecule has 1 unspecified atom stereocenters. The molecular weight excluding hydrogens is 360 g/mol. The van der Waals surface area contributed by atoms with Crippen LogP contribution < -0.4 is 15.1 Å². The first kappa shape index (κ1) is 17.8. The lowest BCUT2D eigenvalue weighted by Gasteiger charge is -2.13. The Morgan fingerprint density at radius 3 is 2.50 bits per heavy atom. The third-order valence-electron chi connectivity index (χ3n) is 3.85. The Morgan fingerprint density at radius 2 is 1.88 bits per heavy atom. The second kappa shape index (κ2) is 7.09. The van der Waals surface area contributed by atoms with Crippen LogP contribution in [0.15, 0.2) is 51.7 Å². The maximum absolute atomic E-state index is 12.0. The van der Waals surface area contributed by atoms with E-state index in [-0.39, 0.29) is 16.4 Å². The average molecular weight is 375 g/mol. The summed E-state index contributed by atoms with van der Waals surface area (Å²) in [6.07, 6.45) is -1.10. The van der Waals surface area contributed by atoms with Gasteiger partial charge < -0.3 is 19.0 Å². The van der Waals surface area contributed by atoms with Crippen molar-refractivity contribution in [2.75, 3.05) is 7.11 Å². The predicted molar refractivity (Wildman–Crippen MR) is 97.2 cm³/mol. The molecular formula is C19H15ClO6. The van der Waals surface area contributed by atoms with Gasteiger partial charge in [-0.15, -0.1) is 0 Å². The van der Waals surface area contributed by atoms with Gasteiger partial charge in [0.25, 0.3) is 0 Å². The summed E-state index contributed by atoms with van der Waals surface area (Å²) in [6.45, 7) is 1.38. The molecule has 3 aromatic rings. The quantitative estimate of drug-likeness (QED) is 0.680. The van der Waals surface area contributed by atoms with E-state index in [1.807, 2.05) is 12.1 Å². The lowest BCUT2D eigenvalue weighted by Crippen LogP contribution is -2.23. The van der Waals surface area contributed by atoms with E-state index in [1.165, 1.54) is 19.1 Å². The van der Waals surface area contributed by atoms with Crippen LogP contribution in [0, 0.1) is 0 Å². The molecule has 6 nitrogen and oxygen atoms in total. The number of carbonyl (C=O) groups is 1. The standard InChI is InChI=1S/C19H15ClO6/c1-10(19(22)23)25-17-9-16-14(7-15(17)20)13(8-18(21)26-16)11-3-5-12(24-2)6-4-11/h3-10H,1-2H3,(H,22,23). The highest BCUT2D eigenvalue weighted by atomic mass is 35.5. The number of rotatable bonds is 5. The molecule has 0 aliphatic carbocycles. The van der Waals surface area contributed by atoms with Crippen molar-refractivity contribution in [1.29, 1.82) is 0 Å². The third-order valence-corrected chi connectivity index (χ3v) is 4.14. The van der Waals surface area contributed by atoms with Gasteiger partial charge in [-0.2, -0.15) is 0 Å². The maximum atomic E-state index is 12.0. The van der Waals surface area contributed by atoms with Crippen LogP contribution in [0.3, 0.4) is 0 Å². The van der Waals surface area contributed by atoms with Gasteiger partial charge in [-0.3, -0.25) is 0 Å². The monoisotopic (exact) mass is 374 g/mol. The Bertz CT molecular complexity index is 1020. The molecule has 0 bridgehead atoms. The van der Waals surface area contributed by atoms with Crippen LogP contribution in [0.25, 0.3) is 22.1 Å². The largest absolute Gasteiger partial charge is 0.497 e. The highest BCUT2D eigenvalue weighted by molar-refractivity contribution is 6.33. The molecule has 1 atom stereocenters. The Balaban J connectivity index is 2.14. The molecule has 26 heavy (non-hydrogen) atoms. The minimum Gasteiger partial charge on any atom is -0.497 e. The third kappa shape index (κ3) is 3.50. The summed E-state index contributed by atoms with van der Waals surface area (Å²) in [5.41, 5.74) is 1.13. The second-order valence-electron chi connectivity index (χ2n) is 5.58. The van der Waals surface area contributed by atoms with Crippen molar-refractivity contribution >= 4 is 28.5 Å². The minimum atomic E-state index is -1.13. The number of methoxy groups -OCH3 is 1. The molecule has 2 aromatic carbocycles. The molecule has 0 aliphatic rings. The normalized spacial score (nSPS) is 12.0. The van der Waals surface area contributed by atoms with Crippen molar-refractivity contribution in [3.05, 3.63) is 57.9 Å². The molecule has 0 amide bonds. The molecule has 0 saturated heterocycles. The van der Waals surface area contributed by atoms with Crippen molar-refractivity contribution < 1.29 is 23.8 Å². The van der Waals surface area contributed by atoms with Gasteiger partial charge in [-0.05, 0) is 36.2 Å². The number of aliphatic carboxylic acids is 1. The molecule has 1 N–H and O–H groups in total. The SMILES string of the molecule is COc1ccc(-c2cc(=O)oc3cc(OC(C)C(=O)O)c(Cl)cc23)cc1.